The van der Waals surface area contributed by atoms with Crippen molar-refractivity contribution in [2.24, 2.45) is 17.1 Å². The molecule has 1 aromatic rings. The number of hydrogen-bond donors (Lipinski definition) is 1. The van der Waals surface area contributed by atoms with Gasteiger partial charge in [-0.3, -0.25) is 0 Å². The van der Waals surface area contributed by atoms with Gasteiger partial charge < -0.3 is 15.4 Å². The number of carbonyl (C=O) groups is 1. The van der Waals surface area contributed by atoms with Crippen LogP contribution in [0.2, 0.25) is 0 Å². The summed E-state index contributed by atoms with van der Waals surface area (Å²) in [6.07, 6.45) is 1.29. The molecule has 2 unspecified atom stereocenters. The number of rotatable bonds is 2. The Kier molecular flexibility index (Phi) is 5.64. The van der Waals surface area contributed by atoms with Crippen LogP contribution < -0.4 is 5.73 Å². The van der Waals surface area contributed by atoms with Gasteiger partial charge in [-0.05, 0) is 24.1 Å². The van der Waals surface area contributed by atoms with Gasteiger partial charge >= 0.3 is 6.09 Å². The number of allylic oxidation sites excluding steroid dienone is 2. The molecule has 8 heteroatoms. The molecule has 1 aliphatic heterocycles. The Morgan fingerprint density at radius 2 is 2.03 bits per heavy atom. The van der Waals surface area contributed by atoms with Crippen molar-refractivity contribution in [3.05, 3.63) is 57.2 Å². The van der Waals surface area contributed by atoms with E-state index in [9.17, 15) is 20.6 Å². The van der Waals surface area contributed by atoms with Crippen LogP contribution in [0.3, 0.4) is 0 Å². The van der Waals surface area contributed by atoms with Crippen LogP contribution in [0.1, 0.15) is 18.4 Å². The number of nitrogens with two attached hydrogens (primary N) is 1. The summed E-state index contributed by atoms with van der Waals surface area (Å²) >= 11 is 3.51. The van der Waals surface area contributed by atoms with Crippen molar-refractivity contribution in [2.75, 3.05) is 19.7 Å². The van der Waals surface area contributed by atoms with Gasteiger partial charge in [0.1, 0.15) is 6.07 Å². The van der Waals surface area contributed by atoms with Gasteiger partial charge in [-0.15, -0.1) is 0 Å². The average Bonchev–Trinajstić information content (AvgIpc) is 2.73. The van der Waals surface area contributed by atoms with Gasteiger partial charge in [-0.25, -0.2) is 4.79 Å². The Labute approximate surface area is 177 Å². The van der Waals surface area contributed by atoms with Gasteiger partial charge in [-0.1, -0.05) is 40.2 Å². The van der Waals surface area contributed by atoms with Gasteiger partial charge in [-0.2, -0.15) is 15.8 Å². The molecule has 0 radical (unpaired) electrons. The molecule has 1 aliphatic carbocycles. The summed E-state index contributed by atoms with van der Waals surface area (Å²) in [7, 11) is 0. The molecule has 2 aliphatic rings. The molecule has 7 nitrogen and oxygen atoms in total. The first-order valence-electron chi connectivity index (χ1n) is 9.04. The lowest BCUT2D eigenvalue weighted by Crippen LogP contribution is -2.49. The Hall–Kier alpha value is -3.28. The minimum Gasteiger partial charge on any atom is -0.450 e. The van der Waals surface area contributed by atoms with E-state index in [2.05, 4.69) is 34.1 Å². The zero-order valence-electron chi connectivity index (χ0n) is 15.7. The zero-order chi connectivity index (χ0) is 21.2. The number of hydrogen-bond acceptors (Lipinski definition) is 6. The van der Waals surface area contributed by atoms with Gasteiger partial charge in [0.2, 0.25) is 0 Å². The van der Waals surface area contributed by atoms with E-state index in [1.54, 1.807) is 13.0 Å². The van der Waals surface area contributed by atoms with Crippen LogP contribution in [-0.4, -0.2) is 30.7 Å². The molecule has 29 heavy (non-hydrogen) atoms. The van der Waals surface area contributed by atoms with Gasteiger partial charge in [0.25, 0.3) is 0 Å². The molecule has 0 spiro atoms. The third-order valence-corrected chi connectivity index (χ3v) is 6.15. The SMILES string of the molecule is CCOC(=O)N1CC=C2C(C#N)=C(N)C(C#N)(C#N)C(c3ccccc3Br)C2C1. The molecule has 2 N–H and O–H groups in total. The molecular formula is C21H18BrN5O2. The van der Waals surface area contributed by atoms with Crippen molar-refractivity contribution in [3.8, 4) is 18.2 Å². The summed E-state index contributed by atoms with van der Waals surface area (Å²) in [6, 6.07) is 13.5. The molecule has 146 valence electrons. The second-order valence-electron chi connectivity index (χ2n) is 6.80. The number of fused-ring (bicyclic) bond motifs is 1. The maximum atomic E-state index is 12.3. The predicted molar refractivity (Wildman–Crippen MR) is 108 cm³/mol. The van der Waals surface area contributed by atoms with Crippen molar-refractivity contribution < 1.29 is 9.53 Å². The van der Waals surface area contributed by atoms with E-state index in [0.717, 1.165) is 10.0 Å². The number of amides is 1. The largest absolute Gasteiger partial charge is 0.450 e. The second kappa shape index (κ2) is 7.99. The van der Waals surface area contributed by atoms with Crippen LogP contribution in [0.4, 0.5) is 4.79 Å². The monoisotopic (exact) mass is 451 g/mol. The maximum absolute atomic E-state index is 12.3. The lowest BCUT2D eigenvalue weighted by Gasteiger charge is -2.45. The number of ether oxygens (including phenoxy) is 1. The third-order valence-electron chi connectivity index (χ3n) is 5.43. The van der Waals surface area contributed by atoms with E-state index in [-0.39, 0.29) is 31.0 Å². The molecule has 0 saturated heterocycles. The van der Waals surface area contributed by atoms with Crippen molar-refractivity contribution in [3.63, 3.8) is 0 Å². The molecule has 0 aromatic heterocycles. The van der Waals surface area contributed by atoms with Gasteiger partial charge in [0.05, 0.1) is 30.0 Å². The Balaban J connectivity index is 2.26. The smallest absolute Gasteiger partial charge is 0.410 e. The number of carbonyl (C=O) groups excluding carboxylic acids is 1. The van der Waals surface area contributed by atoms with E-state index >= 15 is 0 Å². The average molecular weight is 452 g/mol. The maximum Gasteiger partial charge on any atom is 0.410 e. The van der Waals surface area contributed by atoms with Crippen molar-refractivity contribution >= 4 is 22.0 Å². The highest BCUT2D eigenvalue weighted by atomic mass is 79.9. The first-order valence-corrected chi connectivity index (χ1v) is 9.83. The zero-order valence-corrected chi connectivity index (χ0v) is 17.3. The summed E-state index contributed by atoms with van der Waals surface area (Å²) in [5, 5.41) is 29.9. The Morgan fingerprint density at radius 3 is 2.62 bits per heavy atom. The first-order chi connectivity index (χ1) is 13.9. The summed E-state index contributed by atoms with van der Waals surface area (Å²) in [6.45, 7) is 2.43. The van der Waals surface area contributed by atoms with Crippen molar-refractivity contribution in [1.82, 2.24) is 4.90 Å². The molecular weight excluding hydrogens is 434 g/mol. The minimum absolute atomic E-state index is 0.0437. The number of nitriles is 3. The van der Waals surface area contributed by atoms with Crippen LogP contribution in [0, 0.1) is 45.3 Å². The number of nitrogens with zero attached hydrogens (tertiary/aromatic N) is 4. The summed E-state index contributed by atoms with van der Waals surface area (Å²) in [5.74, 6) is -1.14. The van der Waals surface area contributed by atoms with Crippen LogP contribution in [0.25, 0.3) is 0 Å². The molecule has 3 rings (SSSR count). The lowest BCUT2D eigenvalue weighted by atomic mass is 9.58. The quantitative estimate of drug-likeness (QED) is 0.734. The van der Waals surface area contributed by atoms with Gasteiger partial charge in [0.15, 0.2) is 5.41 Å². The molecule has 1 amide bonds. The number of benzene rings is 1. The highest BCUT2D eigenvalue weighted by Crippen LogP contribution is 2.55. The summed E-state index contributed by atoms with van der Waals surface area (Å²) in [5.41, 5.74) is 6.01. The van der Waals surface area contributed by atoms with E-state index in [1.807, 2.05) is 24.3 Å². The fourth-order valence-electron chi connectivity index (χ4n) is 4.12. The third kappa shape index (κ3) is 3.14. The van der Waals surface area contributed by atoms with Gasteiger partial charge in [0, 0.05) is 29.4 Å². The Morgan fingerprint density at radius 1 is 1.34 bits per heavy atom. The molecule has 0 saturated carbocycles. The van der Waals surface area contributed by atoms with Crippen LogP contribution in [-0.2, 0) is 4.74 Å². The van der Waals surface area contributed by atoms with Crippen LogP contribution in [0.15, 0.2) is 51.7 Å². The van der Waals surface area contributed by atoms with E-state index < -0.39 is 23.3 Å². The first kappa shape index (κ1) is 20.5. The highest BCUT2D eigenvalue weighted by Gasteiger charge is 2.55. The fourth-order valence-corrected chi connectivity index (χ4v) is 4.65. The lowest BCUT2D eigenvalue weighted by molar-refractivity contribution is 0.0999. The highest BCUT2D eigenvalue weighted by molar-refractivity contribution is 9.10. The topological polar surface area (TPSA) is 127 Å². The van der Waals surface area contributed by atoms with Crippen molar-refractivity contribution in [2.45, 2.75) is 12.8 Å². The number of halogens is 1. The summed E-state index contributed by atoms with van der Waals surface area (Å²) < 4.78 is 5.84. The standard InChI is InChI=1S/C21H18BrN5O2/c1-2-29-20(28)27-8-7-13-15(9-23)19(26)21(11-24,12-25)18(16(13)10-27)14-5-3-4-6-17(14)22/h3-7,16,18H,2,8,10,26H2,1H3. The molecule has 1 aromatic carbocycles. The van der Waals surface area contributed by atoms with E-state index in [4.69, 9.17) is 10.5 Å². The summed E-state index contributed by atoms with van der Waals surface area (Å²) in [4.78, 5) is 13.8. The fraction of sp³-hybridized carbons (Fsp3) is 0.333. The molecule has 0 fully saturated rings. The normalized spacial score (nSPS) is 22.4. The molecule has 2 atom stereocenters. The van der Waals surface area contributed by atoms with Crippen LogP contribution >= 0.6 is 15.9 Å². The van der Waals surface area contributed by atoms with Crippen molar-refractivity contribution in [1.29, 1.82) is 15.8 Å². The van der Waals surface area contributed by atoms with E-state index in [0.29, 0.717) is 5.57 Å². The van der Waals surface area contributed by atoms with Crippen LogP contribution in [0.5, 0.6) is 0 Å². The second-order valence-corrected chi connectivity index (χ2v) is 7.66. The Bertz CT molecular complexity index is 1030. The molecule has 1 heterocycles. The van der Waals surface area contributed by atoms with E-state index in [1.165, 1.54) is 4.90 Å². The minimum atomic E-state index is -1.74. The molecule has 0 bridgehead atoms. The predicted octanol–water partition coefficient (Wildman–Crippen LogP) is 3.33.